The van der Waals surface area contributed by atoms with E-state index < -0.39 is 6.09 Å². The van der Waals surface area contributed by atoms with Crippen LogP contribution in [0.5, 0.6) is 5.75 Å². The van der Waals surface area contributed by atoms with E-state index in [1.807, 2.05) is 24.3 Å². The van der Waals surface area contributed by atoms with E-state index in [-0.39, 0.29) is 0 Å². The number of nitrogens with zero attached hydrogens (tertiary/aromatic N) is 3. The van der Waals surface area contributed by atoms with Gasteiger partial charge in [-0.1, -0.05) is 115 Å². The highest BCUT2D eigenvalue weighted by Crippen LogP contribution is 2.27. The van der Waals surface area contributed by atoms with E-state index in [1.165, 1.54) is 96.3 Å². The Morgan fingerprint density at radius 2 is 1.38 bits per heavy atom. The number of carbonyl (C=O) groups excluding carboxylic acids is 1. The van der Waals surface area contributed by atoms with Crippen molar-refractivity contribution in [2.24, 2.45) is 0 Å². The van der Waals surface area contributed by atoms with E-state index in [1.54, 1.807) is 18.5 Å². The molecule has 39 heavy (non-hydrogen) atoms. The number of hydrogen-bond donors (Lipinski definition) is 1. The van der Waals surface area contributed by atoms with Gasteiger partial charge in [-0.2, -0.15) is 0 Å². The van der Waals surface area contributed by atoms with Crippen LogP contribution in [-0.4, -0.2) is 27.8 Å². The standard InChI is InChI=1S/C32H46N4O3/c1-2-3-4-5-6-7-8-9-10-11-12-13-14-15-16-17-21-34-32(37)39-30-20-18-19-27(23-30)28-22-29(25-33-24-28)31-36-35-26-38-31/h18-20,22-26H,2-17,21H2,1H3,(H,34,37). The Bertz CT molecular complexity index is 1060. The fourth-order valence-corrected chi connectivity index (χ4v) is 4.76. The average molecular weight is 535 g/mol. The summed E-state index contributed by atoms with van der Waals surface area (Å²) in [5.74, 6) is 0.894. The molecule has 3 rings (SSSR count). The third-order valence-corrected chi connectivity index (χ3v) is 7.02. The molecule has 0 aliphatic carbocycles. The highest BCUT2D eigenvalue weighted by molar-refractivity contribution is 5.73. The molecule has 0 aliphatic rings. The first-order valence-electron chi connectivity index (χ1n) is 15.0. The van der Waals surface area contributed by atoms with Crippen molar-refractivity contribution in [2.75, 3.05) is 6.54 Å². The van der Waals surface area contributed by atoms with Crippen LogP contribution < -0.4 is 10.1 Å². The minimum atomic E-state index is -0.425. The van der Waals surface area contributed by atoms with Gasteiger partial charge in [-0.15, -0.1) is 10.2 Å². The van der Waals surface area contributed by atoms with Gasteiger partial charge in [0.25, 0.3) is 0 Å². The minimum Gasteiger partial charge on any atom is -0.423 e. The van der Waals surface area contributed by atoms with Gasteiger partial charge in [0.1, 0.15) is 5.75 Å². The molecule has 0 atom stereocenters. The molecule has 7 nitrogen and oxygen atoms in total. The van der Waals surface area contributed by atoms with Crippen molar-refractivity contribution in [1.82, 2.24) is 20.5 Å². The Kier molecular flexibility index (Phi) is 14.7. The van der Waals surface area contributed by atoms with Crippen molar-refractivity contribution in [3.05, 3.63) is 49.1 Å². The maximum absolute atomic E-state index is 12.3. The van der Waals surface area contributed by atoms with Crippen molar-refractivity contribution in [3.8, 4) is 28.3 Å². The molecule has 0 unspecified atom stereocenters. The summed E-state index contributed by atoms with van der Waals surface area (Å²) in [4.78, 5) is 16.5. The predicted molar refractivity (Wildman–Crippen MR) is 157 cm³/mol. The summed E-state index contributed by atoms with van der Waals surface area (Å²) in [6.45, 7) is 2.91. The number of carbonyl (C=O) groups is 1. The van der Waals surface area contributed by atoms with E-state index in [2.05, 4.69) is 27.4 Å². The molecule has 0 saturated heterocycles. The molecule has 0 aliphatic heterocycles. The Morgan fingerprint density at radius 1 is 0.769 bits per heavy atom. The lowest BCUT2D eigenvalue weighted by molar-refractivity contribution is 0.200. The first-order valence-corrected chi connectivity index (χ1v) is 15.0. The van der Waals surface area contributed by atoms with Gasteiger partial charge in [0.15, 0.2) is 0 Å². The van der Waals surface area contributed by atoms with Gasteiger partial charge in [-0.05, 0) is 30.2 Å². The molecular weight excluding hydrogens is 488 g/mol. The van der Waals surface area contributed by atoms with Gasteiger partial charge >= 0.3 is 6.09 Å². The summed E-state index contributed by atoms with van der Waals surface area (Å²) in [5, 5.41) is 10.5. The fraction of sp³-hybridized carbons (Fsp3) is 0.562. The van der Waals surface area contributed by atoms with Crippen LogP contribution in [-0.2, 0) is 0 Å². The number of ether oxygens (including phenoxy) is 1. The van der Waals surface area contributed by atoms with Gasteiger partial charge in [-0.25, -0.2) is 4.79 Å². The van der Waals surface area contributed by atoms with Crippen molar-refractivity contribution >= 4 is 6.09 Å². The molecule has 212 valence electrons. The van der Waals surface area contributed by atoms with Crippen molar-refractivity contribution in [2.45, 2.75) is 110 Å². The number of rotatable bonds is 20. The summed E-state index contributed by atoms with van der Waals surface area (Å²) >= 11 is 0. The molecule has 1 amide bonds. The van der Waals surface area contributed by atoms with Crippen LogP contribution in [0.2, 0.25) is 0 Å². The third-order valence-electron chi connectivity index (χ3n) is 7.02. The molecule has 3 aromatic rings. The number of hydrogen-bond acceptors (Lipinski definition) is 6. The topological polar surface area (TPSA) is 90.1 Å². The van der Waals surface area contributed by atoms with Crippen molar-refractivity contribution in [1.29, 1.82) is 0 Å². The second-order valence-corrected chi connectivity index (χ2v) is 10.4. The molecule has 2 heterocycles. The lowest BCUT2D eigenvalue weighted by Crippen LogP contribution is -2.27. The largest absolute Gasteiger partial charge is 0.423 e. The predicted octanol–water partition coefficient (Wildman–Crippen LogP) is 9.15. The molecule has 0 fully saturated rings. The van der Waals surface area contributed by atoms with Crippen LogP contribution >= 0.6 is 0 Å². The van der Waals surface area contributed by atoms with Gasteiger partial charge in [0.05, 0.1) is 5.56 Å². The average Bonchev–Trinajstić information content (AvgIpc) is 3.50. The zero-order valence-corrected chi connectivity index (χ0v) is 23.7. The first-order chi connectivity index (χ1) is 19.3. The number of amides is 1. The van der Waals surface area contributed by atoms with E-state index >= 15 is 0 Å². The summed E-state index contributed by atoms with van der Waals surface area (Å²) in [7, 11) is 0. The quantitative estimate of drug-likeness (QED) is 0.145. The zero-order chi connectivity index (χ0) is 27.4. The van der Waals surface area contributed by atoms with Crippen LogP contribution in [0.4, 0.5) is 4.79 Å². The Hall–Kier alpha value is -3.22. The summed E-state index contributed by atoms with van der Waals surface area (Å²) in [5.41, 5.74) is 2.48. The highest BCUT2D eigenvalue weighted by atomic mass is 16.6. The summed E-state index contributed by atoms with van der Waals surface area (Å²) in [6, 6.07) is 9.30. The maximum Gasteiger partial charge on any atom is 0.412 e. The Balaban J connectivity index is 1.20. The first kappa shape index (κ1) is 30.3. The normalized spacial score (nSPS) is 11.0. The van der Waals surface area contributed by atoms with Gasteiger partial charge in [0, 0.05) is 24.5 Å². The van der Waals surface area contributed by atoms with Crippen LogP contribution in [0.3, 0.4) is 0 Å². The number of unbranched alkanes of at least 4 members (excludes halogenated alkanes) is 15. The van der Waals surface area contributed by atoms with E-state index in [4.69, 9.17) is 9.15 Å². The van der Waals surface area contributed by atoms with Crippen LogP contribution in [0, 0.1) is 0 Å². The smallest absolute Gasteiger partial charge is 0.412 e. The SMILES string of the molecule is CCCCCCCCCCCCCCCCCCNC(=O)Oc1cccc(-c2cncc(-c3nnco3)c2)c1. The summed E-state index contributed by atoms with van der Waals surface area (Å²) in [6.07, 6.45) is 25.6. The zero-order valence-electron chi connectivity index (χ0n) is 23.7. The molecule has 7 heteroatoms. The van der Waals surface area contributed by atoms with Crippen LogP contribution in [0.1, 0.15) is 110 Å². The van der Waals surface area contributed by atoms with Crippen molar-refractivity contribution in [3.63, 3.8) is 0 Å². The van der Waals surface area contributed by atoms with E-state index in [0.717, 1.165) is 29.5 Å². The van der Waals surface area contributed by atoms with Crippen molar-refractivity contribution < 1.29 is 13.9 Å². The van der Waals surface area contributed by atoms with E-state index in [0.29, 0.717) is 18.2 Å². The van der Waals surface area contributed by atoms with Gasteiger partial charge in [0.2, 0.25) is 12.3 Å². The number of nitrogens with one attached hydrogen (secondary N) is 1. The third kappa shape index (κ3) is 12.5. The van der Waals surface area contributed by atoms with Crippen LogP contribution in [0.15, 0.2) is 53.5 Å². The lowest BCUT2D eigenvalue weighted by Gasteiger charge is -2.09. The van der Waals surface area contributed by atoms with E-state index in [9.17, 15) is 4.79 Å². The molecule has 1 aromatic carbocycles. The highest BCUT2D eigenvalue weighted by Gasteiger charge is 2.09. The molecule has 2 aromatic heterocycles. The number of pyridine rings is 1. The maximum atomic E-state index is 12.3. The van der Waals surface area contributed by atoms with Crippen LogP contribution in [0.25, 0.3) is 22.6 Å². The molecule has 0 saturated carbocycles. The molecule has 1 N–H and O–H groups in total. The van der Waals surface area contributed by atoms with Gasteiger partial charge in [-0.3, -0.25) is 4.98 Å². The second-order valence-electron chi connectivity index (χ2n) is 10.4. The Labute approximate surface area is 234 Å². The molecule has 0 bridgehead atoms. The fourth-order valence-electron chi connectivity index (χ4n) is 4.76. The summed E-state index contributed by atoms with van der Waals surface area (Å²) < 4.78 is 10.8. The number of benzene rings is 1. The second kappa shape index (κ2) is 18.9. The molecule has 0 spiro atoms. The molecular formula is C32H46N4O3. The van der Waals surface area contributed by atoms with Gasteiger partial charge < -0.3 is 14.5 Å². The number of aromatic nitrogens is 3. The Morgan fingerprint density at radius 3 is 2.00 bits per heavy atom. The lowest BCUT2D eigenvalue weighted by atomic mass is 10.0. The minimum absolute atomic E-state index is 0.408. The monoisotopic (exact) mass is 534 g/mol. The molecule has 0 radical (unpaired) electrons.